The van der Waals surface area contributed by atoms with Gasteiger partial charge in [0.1, 0.15) is 5.69 Å². The lowest BCUT2D eigenvalue weighted by atomic mass is 9.84. The van der Waals surface area contributed by atoms with Crippen LogP contribution in [-0.2, 0) is 26.5 Å². The molecule has 10 heteroatoms. The number of sulfonamides is 1. The molecule has 1 aliphatic carbocycles. The number of ether oxygens (including phenoxy) is 2. The molecule has 29 heavy (non-hydrogen) atoms. The fourth-order valence-corrected chi connectivity index (χ4v) is 4.85. The van der Waals surface area contributed by atoms with E-state index >= 15 is 0 Å². The number of nitrogens with zero attached hydrogens (tertiary/aromatic N) is 2. The van der Waals surface area contributed by atoms with Gasteiger partial charge in [0, 0.05) is 25.1 Å². The zero-order valence-electron chi connectivity index (χ0n) is 16.5. The van der Waals surface area contributed by atoms with Crippen LogP contribution in [0, 0.1) is 0 Å². The number of anilines is 1. The minimum absolute atomic E-state index is 0.00826. The largest absolute Gasteiger partial charge is 0.464 e. The van der Waals surface area contributed by atoms with Crippen molar-refractivity contribution in [3.8, 4) is 0 Å². The summed E-state index contributed by atoms with van der Waals surface area (Å²) in [7, 11) is 0.575. The molecule has 1 saturated carbocycles. The first-order chi connectivity index (χ1) is 13.8. The lowest BCUT2D eigenvalue weighted by Gasteiger charge is -2.27. The molecule has 1 heterocycles. The van der Waals surface area contributed by atoms with Crippen molar-refractivity contribution < 1.29 is 22.7 Å². The van der Waals surface area contributed by atoms with Crippen LogP contribution in [0.2, 0.25) is 5.02 Å². The summed E-state index contributed by atoms with van der Waals surface area (Å²) >= 11 is 5.86. The number of esters is 1. The normalized spacial score (nSPS) is 19.7. The SMILES string of the molecule is COC(=O)c1c(NS(=O)(=O)c2ccc(Cl)cc2)c([C@H]2CC[C@@H](OC)CC2)nn1C. The van der Waals surface area contributed by atoms with Crippen molar-refractivity contribution in [2.45, 2.75) is 42.6 Å². The maximum absolute atomic E-state index is 13.0. The van der Waals surface area contributed by atoms with Gasteiger partial charge in [0.2, 0.25) is 0 Å². The van der Waals surface area contributed by atoms with Gasteiger partial charge < -0.3 is 9.47 Å². The number of aromatic nitrogens is 2. The average molecular weight is 442 g/mol. The third-order valence-corrected chi connectivity index (χ3v) is 6.83. The summed E-state index contributed by atoms with van der Waals surface area (Å²) in [5.41, 5.74) is 0.768. The quantitative estimate of drug-likeness (QED) is 0.690. The molecule has 8 nitrogen and oxygen atoms in total. The van der Waals surface area contributed by atoms with Crippen molar-refractivity contribution >= 4 is 33.3 Å². The minimum atomic E-state index is -3.95. The molecule has 3 rings (SSSR count). The highest BCUT2D eigenvalue weighted by Gasteiger charge is 2.33. The molecule has 0 radical (unpaired) electrons. The van der Waals surface area contributed by atoms with Crippen LogP contribution in [0.3, 0.4) is 0 Å². The number of carbonyl (C=O) groups is 1. The minimum Gasteiger partial charge on any atom is -0.464 e. The molecule has 0 saturated heterocycles. The second kappa shape index (κ2) is 8.73. The van der Waals surface area contributed by atoms with Crippen LogP contribution < -0.4 is 4.72 Å². The van der Waals surface area contributed by atoms with E-state index in [-0.39, 0.29) is 28.3 Å². The summed E-state index contributed by atoms with van der Waals surface area (Å²) in [6.45, 7) is 0. The Bertz CT molecular complexity index is 980. The maximum atomic E-state index is 13.0. The molecule has 0 bridgehead atoms. The van der Waals surface area contributed by atoms with E-state index in [0.29, 0.717) is 10.7 Å². The Morgan fingerprint density at radius 3 is 2.34 bits per heavy atom. The van der Waals surface area contributed by atoms with E-state index < -0.39 is 16.0 Å². The van der Waals surface area contributed by atoms with Gasteiger partial charge in [-0.05, 0) is 49.9 Å². The van der Waals surface area contributed by atoms with Gasteiger partial charge in [0.15, 0.2) is 5.69 Å². The molecular weight excluding hydrogens is 418 g/mol. The van der Waals surface area contributed by atoms with Crippen LogP contribution >= 0.6 is 11.6 Å². The smallest absolute Gasteiger partial charge is 0.358 e. The van der Waals surface area contributed by atoms with Gasteiger partial charge in [-0.2, -0.15) is 5.10 Å². The van der Waals surface area contributed by atoms with Gasteiger partial charge in [0.05, 0.1) is 23.8 Å². The number of methoxy groups -OCH3 is 2. The average Bonchev–Trinajstić information content (AvgIpc) is 3.03. The number of rotatable bonds is 6. The number of aryl methyl sites for hydroxylation is 1. The Morgan fingerprint density at radius 1 is 1.17 bits per heavy atom. The zero-order valence-corrected chi connectivity index (χ0v) is 18.1. The Morgan fingerprint density at radius 2 is 1.79 bits per heavy atom. The van der Waals surface area contributed by atoms with Crippen LogP contribution in [0.15, 0.2) is 29.2 Å². The molecular formula is C19H24ClN3O5S. The predicted octanol–water partition coefficient (Wildman–Crippen LogP) is 3.33. The molecule has 1 aromatic heterocycles. The lowest BCUT2D eigenvalue weighted by Crippen LogP contribution is -2.21. The first kappa shape index (κ1) is 21.6. The van der Waals surface area contributed by atoms with Crippen molar-refractivity contribution in [3.05, 3.63) is 40.7 Å². The standard InChI is InChI=1S/C19H24ClN3O5S/c1-23-18(19(24)28-3)17(16(21-23)12-4-8-14(27-2)9-5-12)22-29(25,26)15-10-6-13(20)7-11-15/h6-7,10-12,14,22H,4-5,8-9H2,1-3H3/t12-,14+. The number of hydrogen-bond donors (Lipinski definition) is 1. The van der Waals surface area contributed by atoms with Crippen molar-refractivity contribution in [2.75, 3.05) is 18.9 Å². The molecule has 0 atom stereocenters. The van der Waals surface area contributed by atoms with E-state index in [4.69, 9.17) is 21.1 Å². The molecule has 2 aromatic rings. The first-order valence-electron chi connectivity index (χ1n) is 9.23. The predicted molar refractivity (Wildman–Crippen MR) is 109 cm³/mol. The molecule has 0 spiro atoms. The van der Waals surface area contributed by atoms with Gasteiger partial charge in [-0.25, -0.2) is 13.2 Å². The Labute approximate surface area is 175 Å². The fourth-order valence-electron chi connectivity index (χ4n) is 3.64. The molecule has 0 aliphatic heterocycles. The van der Waals surface area contributed by atoms with Crippen molar-refractivity contribution in [1.82, 2.24) is 9.78 Å². The number of hydrogen-bond acceptors (Lipinski definition) is 6. The van der Waals surface area contributed by atoms with Gasteiger partial charge in [-0.1, -0.05) is 11.6 Å². The molecule has 0 unspecified atom stereocenters. The Kier molecular flexibility index (Phi) is 6.50. The highest BCUT2D eigenvalue weighted by Crippen LogP contribution is 2.39. The van der Waals surface area contributed by atoms with E-state index in [2.05, 4.69) is 9.82 Å². The maximum Gasteiger partial charge on any atom is 0.358 e. The molecule has 158 valence electrons. The summed E-state index contributed by atoms with van der Waals surface area (Å²) in [4.78, 5) is 12.4. The summed E-state index contributed by atoms with van der Waals surface area (Å²) < 4.78 is 40.1. The third kappa shape index (κ3) is 4.57. The second-order valence-corrected chi connectivity index (χ2v) is 9.11. The number of benzene rings is 1. The molecule has 1 aliphatic rings. The molecule has 1 fully saturated rings. The van der Waals surface area contributed by atoms with Gasteiger partial charge in [-0.15, -0.1) is 0 Å². The topological polar surface area (TPSA) is 99.5 Å². The van der Waals surface area contributed by atoms with Gasteiger partial charge in [0.25, 0.3) is 10.0 Å². The van der Waals surface area contributed by atoms with Gasteiger partial charge >= 0.3 is 5.97 Å². The zero-order chi connectivity index (χ0) is 21.2. The second-order valence-electron chi connectivity index (χ2n) is 6.99. The van der Waals surface area contributed by atoms with E-state index in [1.165, 1.54) is 36.1 Å². The van der Waals surface area contributed by atoms with E-state index in [1.807, 2.05) is 0 Å². The number of nitrogens with one attached hydrogen (secondary N) is 1. The third-order valence-electron chi connectivity index (χ3n) is 5.21. The van der Waals surface area contributed by atoms with E-state index in [9.17, 15) is 13.2 Å². The summed E-state index contributed by atoms with van der Waals surface area (Å²) in [5, 5.41) is 4.90. The van der Waals surface area contributed by atoms with Crippen LogP contribution in [-0.4, -0.2) is 44.5 Å². The van der Waals surface area contributed by atoms with Gasteiger partial charge in [-0.3, -0.25) is 9.40 Å². The highest BCUT2D eigenvalue weighted by atomic mass is 35.5. The van der Waals surface area contributed by atoms with Crippen LogP contribution in [0.25, 0.3) is 0 Å². The van der Waals surface area contributed by atoms with E-state index in [0.717, 1.165) is 25.7 Å². The molecule has 0 amide bonds. The number of carbonyl (C=O) groups excluding carboxylic acids is 1. The van der Waals surface area contributed by atoms with Crippen LogP contribution in [0.1, 0.15) is 47.8 Å². The molecule has 1 N–H and O–H groups in total. The van der Waals surface area contributed by atoms with Crippen molar-refractivity contribution in [3.63, 3.8) is 0 Å². The number of halogens is 1. The van der Waals surface area contributed by atoms with Crippen molar-refractivity contribution in [1.29, 1.82) is 0 Å². The lowest BCUT2D eigenvalue weighted by molar-refractivity contribution is 0.0589. The Hall–Kier alpha value is -2.10. The highest BCUT2D eigenvalue weighted by molar-refractivity contribution is 7.92. The van der Waals surface area contributed by atoms with Crippen LogP contribution in [0.5, 0.6) is 0 Å². The Balaban J connectivity index is 2.01. The van der Waals surface area contributed by atoms with Crippen molar-refractivity contribution in [2.24, 2.45) is 7.05 Å². The summed E-state index contributed by atoms with van der Waals surface area (Å²) in [5.74, 6) is -0.653. The summed E-state index contributed by atoms with van der Waals surface area (Å²) in [6, 6.07) is 5.80. The molecule has 1 aromatic carbocycles. The summed E-state index contributed by atoms with van der Waals surface area (Å²) in [6.07, 6.45) is 3.44. The monoisotopic (exact) mass is 441 g/mol. The fraction of sp³-hybridized carbons (Fsp3) is 0.474. The van der Waals surface area contributed by atoms with E-state index in [1.54, 1.807) is 14.2 Å². The first-order valence-corrected chi connectivity index (χ1v) is 11.1. The van der Waals surface area contributed by atoms with Crippen LogP contribution in [0.4, 0.5) is 5.69 Å².